The van der Waals surface area contributed by atoms with Crippen LogP contribution >= 0.6 is 11.5 Å². The minimum absolute atomic E-state index is 0.371. The lowest BCUT2D eigenvalue weighted by molar-refractivity contribution is 0.0124. The Labute approximate surface area is 83.3 Å². The zero-order valence-corrected chi connectivity index (χ0v) is 9.60. The summed E-state index contributed by atoms with van der Waals surface area (Å²) in [6.45, 7) is 8.17. The SMILES string of the molecule is COC(C)(C)c1nsc(C(C)C)n1. The van der Waals surface area contributed by atoms with Crippen LogP contribution in [-0.2, 0) is 10.3 Å². The molecule has 0 aliphatic heterocycles. The fourth-order valence-corrected chi connectivity index (χ4v) is 1.58. The van der Waals surface area contributed by atoms with E-state index in [4.69, 9.17) is 4.74 Å². The number of hydrogen-bond acceptors (Lipinski definition) is 4. The van der Waals surface area contributed by atoms with Gasteiger partial charge in [0, 0.05) is 13.0 Å². The lowest BCUT2D eigenvalue weighted by atomic mass is 10.1. The monoisotopic (exact) mass is 200 g/mol. The fourth-order valence-electron chi connectivity index (χ4n) is 0.806. The summed E-state index contributed by atoms with van der Waals surface area (Å²) in [5, 5.41) is 1.07. The van der Waals surface area contributed by atoms with E-state index in [2.05, 4.69) is 23.2 Å². The zero-order valence-electron chi connectivity index (χ0n) is 8.79. The van der Waals surface area contributed by atoms with Crippen molar-refractivity contribution in [3.63, 3.8) is 0 Å². The Kier molecular flexibility index (Phi) is 3.03. The van der Waals surface area contributed by atoms with E-state index in [1.165, 1.54) is 11.5 Å². The molecule has 1 aromatic heterocycles. The molecule has 0 atom stereocenters. The van der Waals surface area contributed by atoms with Gasteiger partial charge in [-0.15, -0.1) is 0 Å². The molecule has 0 spiro atoms. The summed E-state index contributed by atoms with van der Waals surface area (Å²) in [7, 11) is 1.68. The Bertz CT molecular complexity index is 281. The lowest BCUT2D eigenvalue weighted by Crippen LogP contribution is -2.21. The molecule has 0 aromatic carbocycles. The Hall–Kier alpha value is -0.480. The number of aromatic nitrogens is 2. The van der Waals surface area contributed by atoms with Gasteiger partial charge in [0.1, 0.15) is 10.6 Å². The van der Waals surface area contributed by atoms with Crippen molar-refractivity contribution in [1.82, 2.24) is 9.36 Å². The van der Waals surface area contributed by atoms with E-state index in [1.54, 1.807) is 7.11 Å². The van der Waals surface area contributed by atoms with E-state index in [9.17, 15) is 0 Å². The molecule has 3 nitrogen and oxygen atoms in total. The molecule has 13 heavy (non-hydrogen) atoms. The van der Waals surface area contributed by atoms with E-state index in [0.29, 0.717) is 5.92 Å². The number of nitrogens with zero attached hydrogens (tertiary/aromatic N) is 2. The molecule has 0 aliphatic carbocycles. The van der Waals surface area contributed by atoms with Crippen molar-refractivity contribution in [1.29, 1.82) is 0 Å². The highest BCUT2D eigenvalue weighted by atomic mass is 32.1. The van der Waals surface area contributed by atoms with Crippen molar-refractivity contribution in [2.24, 2.45) is 0 Å². The van der Waals surface area contributed by atoms with Gasteiger partial charge >= 0.3 is 0 Å². The van der Waals surface area contributed by atoms with Gasteiger partial charge in [-0.25, -0.2) is 4.98 Å². The highest BCUT2D eigenvalue weighted by Gasteiger charge is 2.25. The third-order valence-corrected chi connectivity index (χ3v) is 3.00. The molecule has 0 aliphatic rings. The van der Waals surface area contributed by atoms with Crippen molar-refractivity contribution in [3.05, 3.63) is 10.8 Å². The third kappa shape index (κ3) is 2.25. The third-order valence-electron chi connectivity index (χ3n) is 1.98. The number of ether oxygens (including phenoxy) is 1. The summed E-state index contributed by atoms with van der Waals surface area (Å²) in [5.74, 6) is 1.22. The van der Waals surface area contributed by atoms with Gasteiger partial charge in [-0.2, -0.15) is 4.37 Å². The van der Waals surface area contributed by atoms with Gasteiger partial charge in [0.05, 0.1) is 0 Å². The highest BCUT2D eigenvalue weighted by molar-refractivity contribution is 7.05. The molecule has 0 saturated carbocycles. The van der Waals surface area contributed by atoms with Crippen LogP contribution in [0.3, 0.4) is 0 Å². The van der Waals surface area contributed by atoms with Crippen LogP contribution in [0.5, 0.6) is 0 Å². The normalized spacial score (nSPS) is 12.5. The summed E-state index contributed by atoms with van der Waals surface area (Å²) in [4.78, 5) is 4.43. The van der Waals surface area contributed by atoms with Gasteiger partial charge in [-0.1, -0.05) is 13.8 Å². The van der Waals surface area contributed by atoms with Gasteiger partial charge in [-0.05, 0) is 25.4 Å². The zero-order chi connectivity index (χ0) is 10.1. The van der Waals surface area contributed by atoms with E-state index in [0.717, 1.165) is 10.8 Å². The molecule has 0 N–H and O–H groups in total. The number of rotatable bonds is 3. The second-order valence-corrected chi connectivity index (χ2v) is 4.61. The van der Waals surface area contributed by atoms with Crippen LogP contribution in [0.15, 0.2) is 0 Å². The minimum atomic E-state index is -0.371. The van der Waals surface area contributed by atoms with E-state index < -0.39 is 0 Å². The maximum atomic E-state index is 5.30. The average molecular weight is 200 g/mol. The molecule has 1 heterocycles. The molecule has 0 saturated heterocycles. The van der Waals surface area contributed by atoms with Gasteiger partial charge in [0.2, 0.25) is 0 Å². The maximum Gasteiger partial charge on any atom is 0.173 e. The highest BCUT2D eigenvalue weighted by Crippen LogP contribution is 2.25. The van der Waals surface area contributed by atoms with Crippen LogP contribution in [-0.4, -0.2) is 16.5 Å². The standard InChI is InChI=1S/C9H16N2OS/c1-6(2)7-10-8(11-13-7)9(3,4)12-5/h6H,1-5H3. The van der Waals surface area contributed by atoms with Gasteiger partial charge in [-0.3, -0.25) is 0 Å². The van der Waals surface area contributed by atoms with E-state index >= 15 is 0 Å². The molecule has 1 aromatic rings. The largest absolute Gasteiger partial charge is 0.371 e. The first-order valence-corrected chi connectivity index (χ1v) is 5.14. The Morgan fingerprint density at radius 3 is 2.38 bits per heavy atom. The van der Waals surface area contributed by atoms with E-state index in [1.807, 2.05) is 13.8 Å². The number of hydrogen-bond donors (Lipinski definition) is 0. The number of methoxy groups -OCH3 is 1. The maximum absolute atomic E-state index is 5.30. The fraction of sp³-hybridized carbons (Fsp3) is 0.778. The molecular formula is C9H16N2OS. The molecule has 4 heteroatoms. The predicted molar refractivity (Wildman–Crippen MR) is 54.0 cm³/mol. The van der Waals surface area contributed by atoms with Crippen molar-refractivity contribution >= 4 is 11.5 Å². The Balaban J connectivity index is 2.91. The second-order valence-electron chi connectivity index (χ2n) is 3.83. The molecule has 0 fully saturated rings. The molecule has 1 rings (SSSR count). The lowest BCUT2D eigenvalue weighted by Gasteiger charge is -2.18. The molecule has 0 radical (unpaired) electrons. The predicted octanol–water partition coefficient (Wildman–Crippen LogP) is 2.54. The van der Waals surface area contributed by atoms with Crippen molar-refractivity contribution in [3.8, 4) is 0 Å². The van der Waals surface area contributed by atoms with Crippen LogP contribution in [0.25, 0.3) is 0 Å². The second kappa shape index (κ2) is 3.72. The van der Waals surface area contributed by atoms with Crippen LogP contribution in [0.2, 0.25) is 0 Å². The van der Waals surface area contributed by atoms with Gasteiger partial charge < -0.3 is 4.74 Å². The summed E-state index contributed by atoms with van der Waals surface area (Å²) >= 11 is 1.46. The first kappa shape index (κ1) is 10.6. The molecule has 0 bridgehead atoms. The van der Waals surface area contributed by atoms with Crippen molar-refractivity contribution in [2.75, 3.05) is 7.11 Å². The van der Waals surface area contributed by atoms with Crippen LogP contribution < -0.4 is 0 Å². The quantitative estimate of drug-likeness (QED) is 0.752. The van der Waals surface area contributed by atoms with Crippen LogP contribution in [0.4, 0.5) is 0 Å². The summed E-state index contributed by atoms with van der Waals surface area (Å²) in [6.07, 6.45) is 0. The average Bonchev–Trinajstić information content (AvgIpc) is 2.52. The van der Waals surface area contributed by atoms with Gasteiger partial charge in [0.25, 0.3) is 0 Å². The Morgan fingerprint density at radius 2 is 2.00 bits per heavy atom. The first-order chi connectivity index (χ1) is 5.97. The van der Waals surface area contributed by atoms with Gasteiger partial charge in [0.15, 0.2) is 5.82 Å². The smallest absolute Gasteiger partial charge is 0.173 e. The minimum Gasteiger partial charge on any atom is -0.371 e. The van der Waals surface area contributed by atoms with Crippen molar-refractivity contribution in [2.45, 2.75) is 39.2 Å². The van der Waals surface area contributed by atoms with Crippen LogP contribution in [0, 0.1) is 0 Å². The first-order valence-electron chi connectivity index (χ1n) is 4.36. The molecule has 0 unspecified atom stereocenters. The summed E-state index contributed by atoms with van der Waals surface area (Å²) in [6, 6.07) is 0. The van der Waals surface area contributed by atoms with Crippen LogP contribution in [0.1, 0.15) is 44.4 Å². The summed E-state index contributed by atoms with van der Waals surface area (Å²) in [5.41, 5.74) is -0.371. The Morgan fingerprint density at radius 1 is 1.38 bits per heavy atom. The van der Waals surface area contributed by atoms with E-state index in [-0.39, 0.29) is 5.60 Å². The topological polar surface area (TPSA) is 35.0 Å². The summed E-state index contributed by atoms with van der Waals surface area (Å²) < 4.78 is 9.58. The molecular weight excluding hydrogens is 184 g/mol. The van der Waals surface area contributed by atoms with Crippen molar-refractivity contribution < 1.29 is 4.74 Å². The molecule has 0 amide bonds. The molecule has 74 valence electrons.